The molecule has 0 N–H and O–H groups in total. The SMILES string of the molecule is c1ccc(-n2c3ccccc3c3c2ccc2c4ccccc4n(-c4ccc5c(c4)sc4ccc(-c6cccc7c6-c6ccccc6C76c7ccccc7-c7ccccc76)cc45)c23)cc1. The van der Waals surface area contributed by atoms with Gasteiger partial charge in [-0.1, -0.05) is 164 Å². The number of hydrogen-bond donors (Lipinski definition) is 0. The van der Waals surface area contributed by atoms with E-state index in [1.165, 1.54) is 131 Å². The number of benzene rings is 10. The van der Waals surface area contributed by atoms with Gasteiger partial charge >= 0.3 is 0 Å². The number of thiophene rings is 1. The Morgan fingerprint density at radius 2 is 0.938 bits per heavy atom. The molecule has 0 bridgehead atoms. The van der Waals surface area contributed by atoms with Crippen molar-refractivity contribution in [1.82, 2.24) is 9.13 Å². The van der Waals surface area contributed by atoms with Crippen LogP contribution in [0.15, 0.2) is 218 Å². The number of fused-ring (bicyclic) bond motifs is 20. The minimum Gasteiger partial charge on any atom is -0.309 e. The molecule has 3 aromatic heterocycles. The standard InChI is InChI=1S/C61H36N2S/c1-2-15-38(16-3-1)62-54-28-13-8-21-47(54)59-55(62)33-32-45-43-19-7-12-27-53(43)63(60(45)59)39-30-31-44-48-35-37(29-34-56(48)64-57(44)36-39)40-22-14-26-52-58(40)46-20-6-11-25-51(46)61(52)49-23-9-4-17-41(49)42-18-5-10-24-50(42)61/h1-36H. The van der Waals surface area contributed by atoms with Crippen LogP contribution in [0, 0.1) is 0 Å². The average molecular weight is 829 g/mol. The molecule has 0 saturated heterocycles. The van der Waals surface area contributed by atoms with Crippen LogP contribution < -0.4 is 0 Å². The minimum absolute atomic E-state index is 0.362. The molecule has 0 unspecified atom stereocenters. The second kappa shape index (κ2) is 12.6. The van der Waals surface area contributed by atoms with E-state index in [0.717, 1.165) is 0 Å². The Hall–Kier alpha value is -7.98. The Morgan fingerprint density at radius 3 is 1.72 bits per heavy atom. The van der Waals surface area contributed by atoms with E-state index in [4.69, 9.17) is 0 Å². The van der Waals surface area contributed by atoms with Gasteiger partial charge in [0.1, 0.15) is 0 Å². The van der Waals surface area contributed by atoms with Crippen LogP contribution in [-0.4, -0.2) is 9.13 Å². The van der Waals surface area contributed by atoms with E-state index < -0.39 is 0 Å². The zero-order chi connectivity index (χ0) is 41.7. The molecule has 3 heteroatoms. The van der Waals surface area contributed by atoms with Crippen molar-refractivity contribution < 1.29 is 0 Å². The summed E-state index contributed by atoms with van der Waals surface area (Å²) in [6.45, 7) is 0. The molecular formula is C61H36N2S. The van der Waals surface area contributed by atoms with E-state index in [0.29, 0.717) is 0 Å². The van der Waals surface area contributed by atoms with Crippen LogP contribution in [0.3, 0.4) is 0 Å². The van der Waals surface area contributed by atoms with Gasteiger partial charge in [0.05, 0.1) is 27.5 Å². The molecule has 0 atom stereocenters. The predicted molar refractivity (Wildman–Crippen MR) is 270 cm³/mol. The van der Waals surface area contributed by atoms with Crippen LogP contribution in [0.25, 0.3) is 109 Å². The maximum atomic E-state index is 2.52. The predicted octanol–water partition coefficient (Wildman–Crippen LogP) is 16.3. The van der Waals surface area contributed by atoms with E-state index in [9.17, 15) is 0 Å². The topological polar surface area (TPSA) is 9.86 Å². The molecule has 0 saturated carbocycles. The van der Waals surface area contributed by atoms with Crippen LogP contribution >= 0.6 is 11.3 Å². The molecule has 3 heterocycles. The monoisotopic (exact) mass is 828 g/mol. The molecule has 2 aliphatic carbocycles. The summed E-state index contributed by atoms with van der Waals surface area (Å²) in [5.41, 5.74) is 20.2. The summed E-state index contributed by atoms with van der Waals surface area (Å²) < 4.78 is 7.53. The lowest BCUT2D eigenvalue weighted by molar-refractivity contribution is 0.794. The Labute approximate surface area is 373 Å². The van der Waals surface area contributed by atoms with E-state index >= 15 is 0 Å². The van der Waals surface area contributed by atoms with Crippen LogP contribution in [0.5, 0.6) is 0 Å². The maximum absolute atomic E-state index is 2.52. The molecule has 0 amide bonds. The van der Waals surface area contributed by atoms with Gasteiger partial charge in [0.2, 0.25) is 0 Å². The van der Waals surface area contributed by atoms with Gasteiger partial charge in [-0.25, -0.2) is 0 Å². The van der Waals surface area contributed by atoms with Crippen LogP contribution in [0.2, 0.25) is 0 Å². The Morgan fingerprint density at radius 1 is 0.328 bits per heavy atom. The second-order valence-electron chi connectivity index (χ2n) is 17.5. The van der Waals surface area contributed by atoms with Crippen molar-refractivity contribution >= 4 is 75.1 Å². The van der Waals surface area contributed by atoms with Crippen molar-refractivity contribution in [2.24, 2.45) is 0 Å². The lowest BCUT2D eigenvalue weighted by atomic mass is 9.70. The van der Waals surface area contributed by atoms with Crippen molar-refractivity contribution in [1.29, 1.82) is 0 Å². The van der Waals surface area contributed by atoms with E-state index in [1.54, 1.807) is 0 Å². The molecule has 2 nitrogen and oxygen atoms in total. The molecule has 2 aliphatic rings. The third kappa shape index (κ3) is 4.30. The molecule has 13 aromatic rings. The number of nitrogens with zero attached hydrogens (tertiary/aromatic N) is 2. The van der Waals surface area contributed by atoms with E-state index in [-0.39, 0.29) is 5.41 Å². The molecule has 296 valence electrons. The van der Waals surface area contributed by atoms with Gasteiger partial charge in [-0.2, -0.15) is 0 Å². The van der Waals surface area contributed by atoms with Gasteiger partial charge in [0.15, 0.2) is 0 Å². The zero-order valence-corrected chi connectivity index (χ0v) is 35.4. The highest BCUT2D eigenvalue weighted by Crippen LogP contribution is 2.64. The van der Waals surface area contributed by atoms with E-state index in [2.05, 4.69) is 228 Å². The van der Waals surface area contributed by atoms with Crippen molar-refractivity contribution in [2.75, 3.05) is 0 Å². The third-order valence-electron chi connectivity index (χ3n) is 14.5. The number of hydrogen-bond acceptors (Lipinski definition) is 1. The summed E-state index contributed by atoms with van der Waals surface area (Å²) in [7, 11) is 0. The Kier molecular flexibility index (Phi) is 6.79. The van der Waals surface area contributed by atoms with Crippen molar-refractivity contribution in [2.45, 2.75) is 5.41 Å². The summed E-state index contributed by atoms with van der Waals surface area (Å²) in [5, 5.41) is 7.66. The molecule has 64 heavy (non-hydrogen) atoms. The fourth-order valence-corrected chi connectivity index (χ4v) is 13.2. The molecule has 0 fully saturated rings. The highest BCUT2D eigenvalue weighted by Gasteiger charge is 2.52. The molecule has 15 rings (SSSR count). The van der Waals surface area contributed by atoms with Crippen molar-refractivity contribution in [3.8, 4) is 44.8 Å². The molecule has 10 aromatic carbocycles. The van der Waals surface area contributed by atoms with Crippen LogP contribution in [-0.2, 0) is 5.41 Å². The van der Waals surface area contributed by atoms with Crippen molar-refractivity contribution in [3.05, 3.63) is 241 Å². The first-order valence-corrected chi connectivity index (χ1v) is 23.0. The van der Waals surface area contributed by atoms with Gasteiger partial charge < -0.3 is 9.13 Å². The molecule has 0 aliphatic heterocycles. The Bertz CT molecular complexity index is 4100. The summed E-state index contributed by atoms with van der Waals surface area (Å²) in [6, 6.07) is 81.8. The normalized spacial score (nSPS) is 13.4. The van der Waals surface area contributed by atoms with Gasteiger partial charge in [-0.3, -0.25) is 0 Å². The first-order valence-electron chi connectivity index (χ1n) is 22.2. The first-order chi connectivity index (χ1) is 31.8. The number of aromatic nitrogens is 2. The zero-order valence-electron chi connectivity index (χ0n) is 34.6. The lowest BCUT2D eigenvalue weighted by Crippen LogP contribution is -2.25. The van der Waals surface area contributed by atoms with Gasteiger partial charge in [0, 0.05) is 53.1 Å². The first kappa shape index (κ1) is 34.6. The lowest BCUT2D eigenvalue weighted by Gasteiger charge is -2.30. The van der Waals surface area contributed by atoms with Crippen LogP contribution in [0.1, 0.15) is 22.3 Å². The summed E-state index contributed by atoms with van der Waals surface area (Å²) in [4.78, 5) is 0. The number of para-hydroxylation sites is 3. The largest absolute Gasteiger partial charge is 0.309 e. The van der Waals surface area contributed by atoms with Gasteiger partial charge in [-0.05, 0) is 110 Å². The molecule has 1 spiro atoms. The second-order valence-corrected chi connectivity index (χ2v) is 18.6. The average Bonchev–Trinajstić information content (AvgIpc) is 4.14. The summed E-state index contributed by atoms with van der Waals surface area (Å²) in [5.74, 6) is 0. The van der Waals surface area contributed by atoms with Gasteiger partial charge in [0.25, 0.3) is 0 Å². The summed E-state index contributed by atoms with van der Waals surface area (Å²) >= 11 is 1.89. The smallest absolute Gasteiger partial charge is 0.0725 e. The van der Waals surface area contributed by atoms with Crippen molar-refractivity contribution in [3.63, 3.8) is 0 Å². The number of rotatable bonds is 3. The maximum Gasteiger partial charge on any atom is 0.0725 e. The highest BCUT2D eigenvalue weighted by atomic mass is 32.1. The fraction of sp³-hybridized carbons (Fsp3) is 0.0164. The van der Waals surface area contributed by atoms with E-state index in [1.807, 2.05) is 11.3 Å². The Balaban J connectivity index is 0.937. The third-order valence-corrected chi connectivity index (χ3v) is 15.7. The van der Waals surface area contributed by atoms with Gasteiger partial charge in [-0.15, -0.1) is 11.3 Å². The minimum atomic E-state index is -0.362. The van der Waals surface area contributed by atoms with Crippen LogP contribution in [0.4, 0.5) is 0 Å². The highest BCUT2D eigenvalue weighted by molar-refractivity contribution is 7.25. The fourth-order valence-electron chi connectivity index (χ4n) is 12.1. The summed E-state index contributed by atoms with van der Waals surface area (Å²) in [6.07, 6.45) is 0. The quantitative estimate of drug-likeness (QED) is 0.168. The molecule has 0 radical (unpaired) electrons. The molecular weight excluding hydrogens is 793 g/mol.